The Morgan fingerprint density at radius 1 is 0.907 bits per heavy atom. The van der Waals surface area contributed by atoms with Gasteiger partial charge in [0.15, 0.2) is 11.8 Å². The lowest BCUT2D eigenvalue weighted by Gasteiger charge is -2.19. The van der Waals surface area contributed by atoms with E-state index >= 15 is 0 Å². The van der Waals surface area contributed by atoms with Gasteiger partial charge in [0, 0.05) is 20.2 Å². The van der Waals surface area contributed by atoms with E-state index in [9.17, 15) is 0 Å². The monoisotopic (exact) mass is 623 g/mol. The molecular weight excluding hydrogens is 586 g/mol. The van der Waals surface area contributed by atoms with Gasteiger partial charge in [0.1, 0.15) is 25.0 Å². The van der Waals surface area contributed by atoms with E-state index < -0.39 is 8.07 Å². The SMILES string of the molecule is C[Si](C)(C)CCOCn1c(O[C@@H]2CO[C@H]3[C@@H]2OC[C@H]3OCCO)nc2nc(-c3ccc(-c4ccccc4)cc3)c(Cl)cc21. The summed E-state index contributed by atoms with van der Waals surface area (Å²) in [6.45, 7) is 8.78. The number of aliphatic hydroxyl groups is 1. The zero-order chi connectivity index (χ0) is 30.0. The molecule has 0 saturated carbocycles. The molecule has 6 rings (SSSR count). The molecule has 11 heteroatoms. The lowest BCUT2D eigenvalue weighted by atomic mass is 10.0. The van der Waals surface area contributed by atoms with Gasteiger partial charge in [-0.2, -0.15) is 4.98 Å². The van der Waals surface area contributed by atoms with Gasteiger partial charge in [-0.25, -0.2) is 4.98 Å². The predicted octanol–water partition coefficient (Wildman–Crippen LogP) is 5.65. The van der Waals surface area contributed by atoms with Crippen molar-refractivity contribution in [3.05, 3.63) is 65.7 Å². The Morgan fingerprint density at radius 2 is 1.58 bits per heavy atom. The number of pyridine rings is 1. The van der Waals surface area contributed by atoms with Crippen LogP contribution >= 0.6 is 11.6 Å². The maximum atomic E-state index is 9.15. The molecule has 43 heavy (non-hydrogen) atoms. The van der Waals surface area contributed by atoms with Crippen LogP contribution in [-0.2, 0) is 25.7 Å². The van der Waals surface area contributed by atoms with Crippen molar-refractivity contribution in [1.29, 1.82) is 0 Å². The van der Waals surface area contributed by atoms with Gasteiger partial charge in [-0.15, -0.1) is 0 Å². The summed E-state index contributed by atoms with van der Waals surface area (Å²) in [7, 11) is -1.26. The molecule has 0 amide bonds. The summed E-state index contributed by atoms with van der Waals surface area (Å²) in [6, 6.07) is 21.7. The zero-order valence-electron chi connectivity index (χ0n) is 24.7. The first-order valence-corrected chi connectivity index (χ1v) is 18.8. The number of hydrogen-bond acceptors (Lipinski definition) is 8. The lowest BCUT2D eigenvalue weighted by Crippen LogP contribution is -2.36. The van der Waals surface area contributed by atoms with Crippen molar-refractivity contribution in [3.8, 4) is 28.4 Å². The molecule has 2 aliphatic heterocycles. The van der Waals surface area contributed by atoms with Crippen LogP contribution in [0.2, 0.25) is 30.7 Å². The third-order valence-electron chi connectivity index (χ3n) is 7.78. The summed E-state index contributed by atoms with van der Waals surface area (Å²) in [4.78, 5) is 9.69. The number of ether oxygens (including phenoxy) is 5. The Hall–Kier alpha value is -2.83. The molecule has 2 fully saturated rings. The summed E-state index contributed by atoms with van der Waals surface area (Å²) >= 11 is 6.85. The first kappa shape index (κ1) is 30.2. The first-order chi connectivity index (χ1) is 20.8. The molecule has 4 aromatic rings. The van der Waals surface area contributed by atoms with E-state index in [1.807, 2.05) is 41.0 Å². The molecule has 2 aromatic heterocycles. The summed E-state index contributed by atoms with van der Waals surface area (Å²) < 4.78 is 32.2. The smallest absolute Gasteiger partial charge is 0.301 e. The van der Waals surface area contributed by atoms with E-state index in [0.717, 1.165) is 28.3 Å². The van der Waals surface area contributed by atoms with E-state index in [-0.39, 0.29) is 44.4 Å². The molecule has 228 valence electrons. The van der Waals surface area contributed by atoms with Gasteiger partial charge >= 0.3 is 6.01 Å². The number of fused-ring (bicyclic) bond motifs is 2. The van der Waals surface area contributed by atoms with Crippen LogP contribution in [0.4, 0.5) is 0 Å². The fourth-order valence-electron chi connectivity index (χ4n) is 5.42. The third kappa shape index (κ3) is 6.80. The molecule has 9 nitrogen and oxygen atoms in total. The van der Waals surface area contributed by atoms with Crippen LogP contribution in [0.1, 0.15) is 0 Å². The van der Waals surface area contributed by atoms with Gasteiger partial charge in [-0.3, -0.25) is 4.57 Å². The molecule has 0 bridgehead atoms. The molecule has 2 aromatic carbocycles. The highest BCUT2D eigenvalue weighted by atomic mass is 35.5. The highest BCUT2D eigenvalue weighted by Gasteiger charge is 2.50. The summed E-state index contributed by atoms with van der Waals surface area (Å²) in [5.41, 5.74) is 5.06. The molecule has 0 unspecified atom stereocenters. The molecule has 4 atom stereocenters. The van der Waals surface area contributed by atoms with Crippen LogP contribution in [0, 0.1) is 0 Å². The number of halogens is 1. The van der Waals surface area contributed by atoms with Crippen LogP contribution in [-0.4, -0.2) is 85.2 Å². The Bertz CT molecular complexity index is 1530. The molecule has 2 aliphatic rings. The molecule has 0 spiro atoms. The van der Waals surface area contributed by atoms with E-state index in [2.05, 4.69) is 43.9 Å². The highest BCUT2D eigenvalue weighted by Crippen LogP contribution is 2.35. The Morgan fingerprint density at radius 3 is 2.30 bits per heavy atom. The van der Waals surface area contributed by atoms with Gasteiger partial charge in [0.25, 0.3) is 0 Å². The maximum absolute atomic E-state index is 9.15. The number of hydrogen-bond donors (Lipinski definition) is 1. The second-order valence-electron chi connectivity index (χ2n) is 12.2. The van der Waals surface area contributed by atoms with Crippen molar-refractivity contribution in [2.45, 2.75) is 56.8 Å². The van der Waals surface area contributed by atoms with E-state index in [1.54, 1.807) is 0 Å². The minimum Gasteiger partial charge on any atom is -0.456 e. The van der Waals surface area contributed by atoms with Gasteiger partial charge in [-0.05, 0) is 23.2 Å². The minimum atomic E-state index is -1.26. The number of nitrogens with zero attached hydrogens (tertiary/aromatic N) is 3. The molecule has 2 saturated heterocycles. The Balaban J connectivity index is 1.27. The number of aliphatic hydroxyl groups excluding tert-OH is 1. The molecule has 0 aliphatic carbocycles. The van der Waals surface area contributed by atoms with Crippen molar-refractivity contribution in [2.24, 2.45) is 0 Å². The van der Waals surface area contributed by atoms with Crippen molar-refractivity contribution in [3.63, 3.8) is 0 Å². The van der Waals surface area contributed by atoms with Crippen LogP contribution < -0.4 is 4.74 Å². The van der Waals surface area contributed by atoms with E-state index in [1.165, 1.54) is 0 Å². The van der Waals surface area contributed by atoms with Crippen molar-refractivity contribution < 1.29 is 28.8 Å². The second kappa shape index (κ2) is 13.0. The average molecular weight is 624 g/mol. The lowest BCUT2D eigenvalue weighted by molar-refractivity contribution is -0.0448. The van der Waals surface area contributed by atoms with Crippen LogP contribution in [0.15, 0.2) is 60.7 Å². The second-order valence-corrected chi connectivity index (χ2v) is 18.2. The van der Waals surface area contributed by atoms with Crippen LogP contribution in [0.25, 0.3) is 33.5 Å². The first-order valence-electron chi connectivity index (χ1n) is 14.7. The van der Waals surface area contributed by atoms with Gasteiger partial charge in [0.05, 0.1) is 42.7 Å². The average Bonchev–Trinajstić information content (AvgIpc) is 3.68. The van der Waals surface area contributed by atoms with E-state index in [4.69, 9.17) is 50.4 Å². The Labute approximate surface area is 257 Å². The fourth-order valence-corrected chi connectivity index (χ4v) is 6.43. The third-order valence-corrected chi connectivity index (χ3v) is 9.78. The standard InChI is InChI=1S/C32H38ClN3O6Si/c1-43(2,3)16-15-38-20-36-25-17-24(33)28(23-11-9-22(10-12-23)21-7-5-4-6-8-21)34-31(25)35-32(36)42-27-19-41-29-26(39-14-13-37)18-40-30(27)29/h4-12,17,26-27,29-30,37H,13-16,18-20H2,1-3H3/t26-,27-,29-,30-/m1/s1. The number of imidazole rings is 1. The maximum Gasteiger partial charge on any atom is 0.301 e. The van der Waals surface area contributed by atoms with Gasteiger partial charge in [-0.1, -0.05) is 85.8 Å². The largest absolute Gasteiger partial charge is 0.456 e. The molecule has 1 N–H and O–H groups in total. The minimum absolute atomic E-state index is 0.0513. The summed E-state index contributed by atoms with van der Waals surface area (Å²) in [5.74, 6) is 0. The van der Waals surface area contributed by atoms with Crippen molar-refractivity contribution in [2.75, 3.05) is 33.0 Å². The predicted molar refractivity (Wildman–Crippen MR) is 168 cm³/mol. The quantitative estimate of drug-likeness (QED) is 0.160. The Kier molecular flexibility index (Phi) is 9.15. The van der Waals surface area contributed by atoms with Gasteiger partial charge < -0.3 is 28.8 Å². The summed E-state index contributed by atoms with van der Waals surface area (Å²) in [6.07, 6.45) is -1.20. The summed E-state index contributed by atoms with van der Waals surface area (Å²) in [5, 5.41) is 9.67. The van der Waals surface area contributed by atoms with Crippen LogP contribution in [0.5, 0.6) is 6.01 Å². The fraction of sp³-hybridized carbons (Fsp3) is 0.438. The number of rotatable bonds is 12. The number of aromatic nitrogens is 3. The topological polar surface area (TPSA) is 97.1 Å². The van der Waals surface area contributed by atoms with Crippen molar-refractivity contribution >= 4 is 30.8 Å². The van der Waals surface area contributed by atoms with Crippen LogP contribution in [0.3, 0.4) is 0 Å². The molecule has 0 radical (unpaired) electrons. The zero-order valence-corrected chi connectivity index (χ0v) is 26.5. The molecular formula is C32H38ClN3O6Si. The van der Waals surface area contributed by atoms with E-state index in [0.29, 0.717) is 42.2 Å². The highest BCUT2D eigenvalue weighted by molar-refractivity contribution is 6.76. The van der Waals surface area contributed by atoms with Gasteiger partial charge in [0.2, 0.25) is 0 Å². The number of benzene rings is 2. The van der Waals surface area contributed by atoms with Crippen molar-refractivity contribution in [1.82, 2.24) is 14.5 Å². The normalized spacial score (nSPS) is 21.9. The molecule has 4 heterocycles.